The molecule has 1 aromatic rings. The number of oxazole rings is 1. The molecule has 0 aliphatic carbocycles. The van der Waals surface area contributed by atoms with Crippen LogP contribution in [0.4, 0.5) is 6.01 Å². The van der Waals surface area contributed by atoms with Gasteiger partial charge < -0.3 is 14.1 Å². The standard InChI is InChI=1S/C13H19N3O3/c1-2-18-12(17)11-9-19-13(14-11)16-7-6-15-5-3-4-10(15)8-16/h9-10H,2-8H2,1H3. The van der Waals surface area contributed by atoms with Gasteiger partial charge in [-0.15, -0.1) is 0 Å². The van der Waals surface area contributed by atoms with Crippen LogP contribution in [0.3, 0.4) is 0 Å². The number of esters is 1. The molecule has 1 atom stereocenters. The number of piperazine rings is 1. The predicted octanol–water partition coefficient (Wildman–Crippen LogP) is 1.14. The van der Waals surface area contributed by atoms with Crippen molar-refractivity contribution in [1.82, 2.24) is 9.88 Å². The van der Waals surface area contributed by atoms with Gasteiger partial charge in [-0.2, -0.15) is 4.98 Å². The fourth-order valence-electron chi connectivity index (χ4n) is 2.87. The van der Waals surface area contributed by atoms with Crippen molar-refractivity contribution in [3.8, 4) is 0 Å². The summed E-state index contributed by atoms with van der Waals surface area (Å²) in [4.78, 5) is 20.4. The van der Waals surface area contributed by atoms with Crippen LogP contribution in [-0.4, -0.2) is 54.7 Å². The fourth-order valence-corrected chi connectivity index (χ4v) is 2.87. The van der Waals surface area contributed by atoms with Gasteiger partial charge in [0, 0.05) is 25.7 Å². The van der Waals surface area contributed by atoms with Crippen molar-refractivity contribution < 1.29 is 13.9 Å². The second kappa shape index (κ2) is 5.21. The highest BCUT2D eigenvalue weighted by molar-refractivity contribution is 5.87. The van der Waals surface area contributed by atoms with Crippen LogP contribution in [0.1, 0.15) is 30.3 Å². The number of aromatic nitrogens is 1. The van der Waals surface area contributed by atoms with E-state index in [4.69, 9.17) is 9.15 Å². The van der Waals surface area contributed by atoms with Crippen LogP contribution in [0.2, 0.25) is 0 Å². The number of carbonyl (C=O) groups is 1. The van der Waals surface area contributed by atoms with Gasteiger partial charge in [-0.25, -0.2) is 4.79 Å². The fraction of sp³-hybridized carbons (Fsp3) is 0.692. The Balaban J connectivity index is 1.67. The minimum atomic E-state index is -0.419. The van der Waals surface area contributed by atoms with Crippen LogP contribution >= 0.6 is 0 Å². The second-order valence-electron chi connectivity index (χ2n) is 5.01. The van der Waals surface area contributed by atoms with E-state index in [1.165, 1.54) is 25.6 Å². The first kappa shape index (κ1) is 12.5. The van der Waals surface area contributed by atoms with Crippen LogP contribution < -0.4 is 4.90 Å². The molecule has 3 rings (SSSR count). The molecule has 6 nitrogen and oxygen atoms in total. The highest BCUT2D eigenvalue weighted by Gasteiger charge is 2.32. The molecule has 0 aromatic carbocycles. The molecule has 2 aliphatic rings. The smallest absolute Gasteiger partial charge is 0.360 e. The topological polar surface area (TPSA) is 58.8 Å². The number of hydrogen-bond acceptors (Lipinski definition) is 6. The Kier molecular flexibility index (Phi) is 3.42. The van der Waals surface area contributed by atoms with Crippen LogP contribution in [0.5, 0.6) is 0 Å². The average Bonchev–Trinajstić information content (AvgIpc) is 3.07. The van der Waals surface area contributed by atoms with Crippen molar-refractivity contribution in [2.45, 2.75) is 25.8 Å². The molecule has 6 heteroatoms. The molecule has 2 saturated heterocycles. The van der Waals surface area contributed by atoms with E-state index in [1.807, 2.05) is 0 Å². The number of rotatable bonds is 3. The molecular weight excluding hydrogens is 246 g/mol. The highest BCUT2D eigenvalue weighted by atomic mass is 16.5. The molecule has 2 aliphatic heterocycles. The zero-order valence-corrected chi connectivity index (χ0v) is 11.2. The number of hydrogen-bond donors (Lipinski definition) is 0. The number of fused-ring (bicyclic) bond motifs is 1. The van der Waals surface area contributed by atoms with Crippen LogP contribution in [0, 0.1) is 0 Å². The molecule has 0 bridgehead atoms. The monoisotopic (exact) mass is 265 g/mol. The van der Waals surface area contributed by atoms with Gasteiger partial charge in [0.1, 0.15) is 6.26 Å². The molecule has 0 amide bonds. The molecular formula is C13H19N3O3. The minimum absolute atomic E-state index is 0.255. The zero-order valence-electron chi connectivity index (χ0n) is 11.2. The molecule has 2 fully saturated rings. The lowest BCUT2D eigenvalue weighted by molar-refractivity contribution is 0.0519. The maximum absolute atomic E-state index is 11.6. The Morgan fingerprint density at radius 1 is 1.53 bits per heavy atom. The third kappa shape index (κ3) is 2.45. The molecule has 104 valence electrons. The lowest BCUT2D eigenvalue weighted by Gasteiger charge is -2.36. The first-order valence-electron chi connectivity index (χ1n) is 6.89. The maximum Gasteiger partial charge on any atom is 0.360 e. The van der Waals surface area contributed by atoms with Crippen LogP contribution in [0.15, 0.2) is 10.7 Å². The van der Waals surface area contributed by atoms with Gasteiger partial charge in [0.2, 0.25) is 0 Å². The molecule has 3 heterocycles. The van der Waals surface area contributed by atoms with Crippen LogP contribution in [0.25, 0.3) is 0 Å². The highest BCUT2D eigenvalue weighted by Crippen LogP contribution is 2.25. The lowest BCUT2D eigenvalue weighted by Crippen LogP contribution is -2.50. The Bertz CT molecular complexity index is 460. The molecule has 0 radical (unpaired) electrons. The van der Waals surface area contributed by atoms with Gasteiger partial charge in [-0.3, -0.25) is 4.90 Å². The largest absolute Gasteiger partial charge is 0.461 e. The van der Waals surface area contributed by atoms with E-state index in [0.717, 1.165) is 19.6 Å². The summed E-state index contributed by atoms with van der Waals surface area (Å²) in [5, 5.41) is 0. The average molecular weight is 265 g/mol. The Hall–Kier alpha value is -1.56. The number of ether oxygens (including phenoxy) is 1. The summed E-state index contributed by atoms with van der Waals surface area (Å²) >= 11 is 0. The van der Waals surface area contributed by atoms with Gasteiger partial charge in [0.05, 0.1) is 6.61 Å². The first-order chi connectivity index (χ1) is 9.28. The quantitative estimate of drug-likeness (QED) is 0.764. The summed E-state index contributed by atoms with van der Waals surface area (Å²) in [6.07, 6.45) is 3.90. The molecule has 19 heavy (non-hydrogen) atoms. The third-order valence-electron chi connectivity index (χ3n) is 3.83. The van der Waals surface area contributed by atoms with Gasteiger partial charge in [-0.05, 0) is 26.3 Å². The number of nitrogens with zero attached hydrogens (tertiary/aromatic N) is 3. The number of carbonyl (C=O) groups excluding carboxylic acids is 1. The third-order valence-corrected chi connectivity index (χ3v) is 3.83. The van der Waals surface area contributed by atoms with Gasteiger partial charge in [0.25, 0.3) is 6.01 Å². The van der Waals surface area contributed by atoms with E-state index in [0.29, 0.717) is 18.7 Å². The molecule has 1 unspecified atom stereocenters. The van der Waals surface area contributed by atoms with E-state index in [1.54, 1.807) is 6.92 Å². The normalized spacial score (nSPS) is 23.4. The van der Waals surface area contributed by atoms with E-state index >= 15 is 0 Å². The SMILES string of the molecule is CCOC(=O)c1coc(N2CCN3CCCC3C2)n1. The summed E-state index contributed by atoms with van der Waals surface area (Å²) in [6, 6.07) is 1.14. The first-order valence-corrected chi connectivity index (χ1v) is 6.89. The van der Waals surface area contributed by atoms with E-state index in [-0.39, 0.29) is 5.69 Å². The van der Waals surface area contributed by atoms with Gasteiger partial charge in [-0.1, -0.05) is 0 Å². The van der Waals surface area contributed by atoms with Crippen molar-refractivity contribution in [1.29, 1.82) is 0 Å². The Morgan fingerprint density at radius 2 is 2.42 bits per heavy atom. The van der Waals surface area contributed by atoms with Gasteiger partial charge in [0.15, 0.2) is 5.69 Å². The maximum atomic E-state index is 11.6. The van der Waals surface area contributed by atoms with Crippen molar-refractivity contribution in [3.05, 3.63) is 12.0 Å². The van der Waals surface area contributed by atoms with E-state index in [2.05, 4.69) is 14.8 Å². The summed E-state index contributed by atoms with van der Waals surface area (Å²) in [6.45, 7) is 6.21. The number of anilines is 1. The summed E-state index contributed by atoms with van der Waals surface area (Å²) in [5.41, 5.74) is 0.255. The summed E-state index contributed by atoms with van der Waals surface area (Å²) < 4.78 is 10.3. The minimum Gasteiger partial charge on any atom is -0.461 e. The second-order valence-corrected chi connectivity index (χ2v) is 5.01. The lowest BCUT2D eigenvalue weighted by atomic mass is 10.2. The van der Waals surface area contributed by atoms with E-state index in [9.17, 15) is 4.79 Å². The Morgan fingerprint density at radius 3 is 3.26 bits per heavy atom. The van der Waals surface area contributed by atoms with Crippen LogP contribution in [-0.2, 0) is 4.74 Å². The zero-order chi connectivity index (χ0) is 13.2. The van der Waals surface area contributed by atoms with Gasteiger partial charge >= 0.3 is 5.97 Å². The molecule has 0 N–H and O–H groups in total. The Labute approximate surface area is 112 Å². The molecule has 0 spiro atoms. The van der Waals surface area contributed by atoms with Crippen molar-refractivity contribution in [2.24, 2.45) is 0 Å². The van der Waals surface area contributed by atoms with Crippen molar-refractivity contribution >= 4 is 12.0 Å². The molecule has 1 aromatic heterocycles. The predicted molar refractivity (Wildman–Crippen MR) is 69.3 cm³/mol. The van der Waals surface area contributed by atoms with E-state index < -0.39 is 5.97 Å². The van der Waals surface area contributed by atoms with Crippen molar-refractivity contribution in [3.63, 3.8) is 0 Å². The molecule has 0 saturated carbocycles. The summed E-state index contributed by atoms with van der Waals surface area (Å²) in [5.74, 6) is -0.419. The summed E-state index contributed by atoms with van der Waals surface area (Å²) in [7, 11) is 0. The van der Waals surface area contributed by atoms with Crippen molar-refractivity contribution in [2.75, 3.05) is 37.7 Å².